The van der Waals surface area contributed by atoms with E-state index < -0.39 is 15.8 Å². The molecular weight excluding hydrogens is 581 g/mol. The van der Waals surface area contributed by atoms with Crippen LogP contribution >= 0.6 is 0 Å². The minimum atomic E-state index is -3.43. The van der Waals surface area contributed by atoms with Gasteiger partial charge in [0.05, 0.1) is 53.4 Å². The van der Waals surface area contributed by atoms with Crippen LogP contribution in [-0.4, -0.2) is 50.9 Å². The van der Waals surface area contributed by atoms with Crippen molar-refractivity contribution in [3.05, 3.63) is 78.8 Å². The summed E-state index contributed by atoms with van der Waals surface area (Å²) in [5, 5.41) is 9.35. The van der Waals surface area contributed by atoms with E-state index in [1.165, 1.54) is 31.4 Å². The van der Waals surface area contributed by atoms with Gasteiger partial charge in [-0.2, -0.15) is 5.10 Å². The van der Waals surface area contributed by atoms with Crippen molar-refractivity contribution in [1.82, 2.24) is 34.9 Å². The van der Waals surface area contributed by atoms with E-state index in [-0.39, 0.29) is 12.6 Å². The molecule has 1 aliphatic rings. The topological polar surface area (TPSA) is 139 Å². The molecule has 0 aliphatic heterocycles. The standard InChI is InChI=1S/C32H30FN7O3S/c1-44(41,42)37-13-19-7-20(9-22(33)8-19)27-16-35-17-30-25(27)11-29(38-30)32-26-12-28(36-18-31(26)39-40-32)21-10-24(15-34-14-21)43-23-5-3-2-4-6-23/h7-12,14-18,23,37-38H,2-6,13H2,1H3,(H,39,40). The van der Waals surface area contributed by atoms with E-state index in [4.69, 9.17) is 4.74 Å². The average Bonchev–Trinajstić information content (AvgIpc) is 3.64. The Morgan fingerprint density at radius 3 is 2.59 bits per heavy atom. The number of H-pyrrole nitrogens is 2. The lowest BCUT2D eigenvalue weighted by Gasteiger charge is -2.22. The number of pyridine rings is 3. The van der Waals surface area contributed by atoms with E-state index in [1.807, 2.05) is 18.2 Å². The first-order valence-electron chi connectivity index (χ1n) is 14.5. The van der Waals surface area contributed by atoms with Crippen LogP contribution in [0.3, 0.4) is 0 Å². The number of benzene rings is 1. The van der Waals surface area contributed by atoms with Gasteiger partial charge in [0.25, 0.3) is 0 Å². The zero-order valence-corrected chi connectivity index (χ0v) is 24.8. The molecule has 0 atom stereocenters. The number of aromatic amines is 2. The van der Waals surface area contributed by atoms with E-state index in [0.717, 1.165) is 63.6 Å². The zero-order chi connectivity index (χ0) is 30.3. The van der Waals surface area contributed by atoms with Crippen LogP contribution in [0.4, 0.5) is 4.39 Å². The van der Waals surface area contributed by atoms with Crippen molar-refractivity contribution in [1.29, 1.82) is 0 Å². The Labute approximate surface area is 253 Å². The highest BCUT2D eigenvalue weighted by Gasteiger charge is 2.18. The molecule has 1 aromatic carbocycles. The van der Waals surface area contributed by atoms with Gasteiger partial charge in [-0.1, -0.05) is 6.42 Å². The summed E-state index contributed by atoms with van der Waals surface area (Å²) in [4.78, 5) is 16.8. The molecule has 224 valence electrons. The second kappa shape index (κ2) is 11.4. The van der Waals surface area contributed by atoms with Gasteiger partial charge in [-0.25, -0.2) is 17.5 Å². The first-order chi connectivity index (χ1) is 21.3. The minimum absolute atomic E-state index is 0.0217. The molecule has 0 radical (unpaired) electrons. The Morgan fingerprint density at radius 2 is 1.75 bits per heavy atom. The number of hydrogen-bond acceptors (Lipinski definition) is 7. The van der Waals surface area contributed by atoms with Crippen LogP contribution in [-0.2, 0) is 16.6 Å². The molecular formula is C32H30FN7O3S. The fourth-order valence-electron chi connectivity index (χ4n) is 5.81. The summed E-state index contributed by atoms with van der Waals surface area (Å²) in [7, 11) is -3.43. The van der Waals surface area contributed by atoms with Crippen LogP contribution < -0.4 is 9.46 Å². The van der Waals surface area contributed by atoms with Crippen LogP contribution in [0.1, 0.15) is 37.7 Å². The van der Waals surface area contributed by atoms with Gasteiger partial charge < -0.3 is 9.72 Å². The van der Waals surface area contributed by atoms with E-state index in [9.17, 15) is 12.8 Å². The summed E-state index contributed by atoms with van der Waals surface area (Å²) in [6, 6.07) is 10.4. The maximum absolute atomic E-state index is 14.6. The lowest BCUT2D eigenvalue weighted by molar-refractivity contribution is 0.154. The summed E-state index contributed by atoms with van der Waals surface area (Å²) in [5.41, 5.74) is 6.35. The number of ether oxygens (including phenoxy) is 1. The quantitative estimate of drug-likeness (QED) is 0.188. The van der Waals surface area contributed by atoms with Gasteiger partial charge in [-0.3, -0.25) is 20.1 Å². The highest BCUT2D eigenvalue weighted by atomic mass is 32.2. The third-order valence-electron chi connectivity index (χ3n) is 7.92. The van der Waals surface area contributed by atoms with Gasteiger partial charge in [0.15, 0.2) is 0 Å². The predicted octanol–water partition coefficient (Wildman–Crippen LogP) is 6.13. The van der Waals surface area contributed by atoms with Crippen LogP contribution in [0.15, 0.2) is 67.4 Å². The first-order valence-corrected chi connectivity index (χ1v) is 16.4. The highest BCUT2D eigenvalue weighted by Crippen LogP contribution is 2.35. The smallest absolute Gasteiger partial charge is 0.209 e. The number of hydrogen-bond donors (Lipinski definition) is 3. The number of fused-ring (bicyclic) bond motifs is 2. The Hall–Kier alpha value is -4.68. The van der Waals surface area contributed by atoms with Crippen LogP contribution in [0, 0.1) is 5.82 Å². The lowest BCUT2D eigenvalue weighted by atomic mass is 9.98. The van der Waals surface area contributed by atoms with Crippen molar-refractivity contribution in [2.45, 2.75) is 44.8 Å². The summed E-state index contributed by atoms with van der Waals surface area (Å²) < 4.78 is 46.4. The zero-order valence-electron chi connectivity index (χ0n) is 24.0. The molecule has 0 spiro atoms. The molecule has 7 rings (SSSR count). The maximum atomic E-state index is 14.6. The van der Waals surface area contributed by atoms with Crippen LogP contribution in [0.2, 0.25) is 0 Å². The Morgan fingerprint density at radius 1 is 0.909 bits per heavy atom. The van der Waals surface area contributed by atoms with E-state index >= 15 is 0 Å². The van der Waals surface area contributed by atoms with E-state index in [1.54, 1.807) is 37.1 Å². The van der Waals surface area contributed by atoms with Gasteiger partial charge in [-0.15, -0.1) is 0 Å². The summed E-state index contributed by atoms with van der Waals surface area (Å²) >= 11 is 0. The molecule has 3 N–H and O–H groups in total. The Bertz CT molecular complexity index is 2100. The summed E-state index contributed by atoms with van der Waals surface area (Å²) in [5.74, 6) is 0.272. The summed E-state index contributed by atoms with van der Waals surface area (Å²) in [6.07, 6.45) is 15.7. The fourth-order valence-corrected chi connectivity index (χ4v) is 6.24. The number of sulfonamides is 1. The molecule has 5 aromatic heterocycles. The Balaban J connectivity index is 1.23. The number of rotatable bonds is 8. The van der Waals surface area contributed by atoms with Gasteiger partial charge in [0, 0.05) is 40.8 Å². The molecule has 44 heavy (non-hydrogen) atoms. The van der Waals surface area contributed by atoms with Gasteiger partial charge >= 0.3 is 0 Å². The predicted molar refractivity (Wildman–Crippen MR) is 167 cm³/mol. The van der Waals surface area contributed by atoms with Gasteiger partial charge in [0.1, 0.15) is 17.3 Å². The van der Waals surface area contributed by atoms with Crippen molar-refractivity contribution in [2.24, 2.45) is 0 Å². The first kappa shape index (κ1) is 28.1. The third kappa shape index (κ3) is 5.90. The largest absolute Gasteiger partial charge is 0.489 e. The fraction of sp³-hybridized carbons (Fsp3) is 0.250. The molecule has 1 saturated carbocycles. The normalized spacial score (nSPS) is 14.4. The molecule has 0 amide bonds. The molecule has 0 saturated heterocycles. The number of nitrogens with zero attached hydrogens (tertiary/aromatic N) is 4. The molecule has 1 aliphatic carbocycles. The van der Waals surface area contributed by atoms with Crippen molar-refractivity contribution < 1.29 is 17.5 Å². The second-order valence-corrected chi connectivity index (χ2v) is 13.1. The van der Waals surface area contributed by atoms with Crippen LogP contribution in [0.25, 0.3) is 55.6 Å². The number of aromatic nitrogens is 6. The summed E-state index contributed by atoms with van der Waals surface area (Å²) in [6.45, 7) is -0.0217. The van der Waals surface area contributed by atoms with Crippen LogP contribution in [0.5, 0.6) is 5.75 Å². The van der Waals surface area contributed by atoms with Crippen molar-refractivity contribution >= 4 is 31.8 Å². The number of halogens is 1. The Kier molecular flexibility index (Phi) is 7.31. The molecule has 12 heteroatoms. The maximum Gasteiger partial charge on any atom is 0.209 e. The molecule has 0 unspecified atom stereocenters. The van der Waals surface area contributed by atoms with Gasteiger partial charge in [0.2, 0.25) is 10.0 Å². The van der Waals surface area contributed by atoms with E-state index in [0.29, 0.717) is 22.4 Å². The van der Waals surface area contributed by atoms with Gasteiger partial charge in [-0.05, 0) is 73.2 Å². The molecule has 10 nitrogen and oxygen atoms in total. The molecule has 0 bridgehead atoms. The molecule has 6 aromatic rings. The molecule has 5 heterocycles. The second-order valence-electron chi connectivity index (χ2n) is 11.2. The number of nitrogens with one attached hydrogen (secondary N) is 3. The SMILES string of the molecule is CS(=O)(=O)NCc1cc(F)cc(-c2cncc3[nH]c(-c4n[nH]c5cnc(-c6cncc(OC7CCCCC7)c6)cc45)cc23)c1. The van der Waals surface area contributed by atoms with Crippen molar-refractivity contribution in [2.75, 3.05) is 6.26 Å². The molecule has 1 fully saturated rings. The van der Waals surface area contributed by atoms with E-state index in [2.05, 4.69) is 34.9 Å². The van der Waals surface area contributed by atoms with Crippen molar-refractivity contribution in [3.63, 3.8) is 0 Å². The highest BCUT2D eigenvalue weighted by molar-refractivity contribution is 7.88. The lowest BCUT2D eigenvalue weighted by Crippen LogP contribution is -2.21. The monoisotopic (exact) mass is 611 g/mol. The average molecular weight is 612 g/mol. The third-order valence-corrected chi connectivity index (χ3v) is 8.59. The van der Waals surface area contributed by atoms with Crippen molar-refractivity contribution in [3.8, 4) is 39.5 Å². The minimum Gasteiger partial charge on any atom is -0.489 e.